The number of hydrogen-bond donors (Lipinski definition) is 1. The molecule has 2 aromatic heterocycles. The number of esters is 1. The Hall–Kier alpha value is -1.86. The van der Waals surface area contributed by atoms with Crippen molar-refractivity contribution >= 4 is 45.9 Å². The number of rotatable bonds is 6. The molecule has 0 atom stereocenters. The largest absolute Gasteiger partial charge is 0.463 e. The lowest BCUT2D eigenvalue weighted by molar-refractivity contribution is -0.138. The molecule has 0 aliphatic heterocycles. The van der Waals surface area contributed by atoms with Crippen LogP contribution in [-0.4, -0.2) is 27.9 Å². The topological polar surface area (TPSA) is 86.7 Å². The van der Waals surface area contributed by atoms with E-state index in [0.29, 0.717) is 17.3 Å². The zero-order valence-corrected chi connectivity index (χ0v) is 12.0. The number of imidazole rings is 1. The molecule has 2 N–H and O–H groups in total. The first-order chi connectivity index (χ1) is 9.58. The van der Waals surface area contributed by atoms with E-state index in [0.717, 1.165) is 4.96 Å². The van der Waals surface area contributed by atoms with Gasteiger partial charge in [-0.05, 0) is 12.5 Å². The Balaban J connectivity index is 1.92. The normalized spacial score (nSPS) is 11.2. The summed E-state index contributed by atoms with van der Waals surface area (Å²) in [5.41, 5.74) is 5.60. The number of amides is 1. The number of fused-ring (bicyclic) bond motifs is 1. The first-order valence-electron chi connectivity index (χ1n) is 5.82. The van der Waals surface area contributed by atoms with Crippen molar-refractivity contribution in [2.75, 3.05) is 6.61 Å². The molecule has 8 heteroatoms. The fourth-order valence-electron chi connectivity index (χ4n) is 1.54. The zero-order valence-electron chi connectivity index (χ0n) is 10.4. The third-order valence-electron chi connectivity index (χ3n) is 2.44. The molecular formula is C12H12ClN3O3S. The van der Waals surface area contributed by atoms with Crippen molar-refractivity contribution in [2.45, 2.75) is 12.8 Å². The van der Waals surface area contributed by atoms with Gasteiger partial charge >= 0.3 is 5.97 Å². The molecule has 0 bridgehead atoms. The quantitative estimate of drug-likeness (QED) is 0.501. The van der Waals surface area contributed by atoms with Crippen molar-refractivity contribution < 1.29 is 14.3 Å². The molecule has 1 amide bonds. The number of hydrogen-bond acceptors (Lipinski definition) is 5. The second-order valence-electron chi connectivity index (χ2n) is 3.91. The lowest BCUT2D eigenvalue weighted by Crippen LogP contribution is -2.12. The Bertz CT molecular complexity index is 662. The SMILES string of the molecule is NC(=O)CCCOC(=O)/C=C/c1c(Cl)nc2sccn12. The Morgan fingerprint density at radius 3 is 3.10 bits per heavy atom. The maximum atomic E-state index is 11.5. The zero-order chi connectivity index (χ0) is 14.5. The van der Waals surface area contributed by atoms with Crippen molar-refractivity contribution in [3.05, 3.63) is 28.5 Å². The molecule has 20 heavy (non-hydrogen) atoms. The van der Waals surface area contributed by atoms with Gasteiger partial charge in [-0.2, -0.15) is 0 Å². The number of halogens is 1. The Morgan fingerprint density at radius 2 is 2.35 bits per heavy atom. The minimum absolute atomic E-state index is 0.153. The monoisotopic (exact) mass is 313 g/mol. The summed E-state index contributed by atoms with van der Waals surface area (Å²) < 4.78 is 6.70. The highest BCUT2D eigenvalue weighted by Gasteiger charge is 2.08. The molecule has 0 aliphatic rings. The number of thiazole rings is 1. The van der Waals surface area contributed by atoms with E-state index >= 15 is 0 Å². The van der Waals surface area contributed by atoms with Crippen LogP contribution in [0.15, 0.2) is 17.7 Å². The first-order valence-corrected chi connectivity index (χ1v) is 7.08. The summed E-state index contributed by atoms with van der Waals surface area (Å²) >= 11 is 7.42. The van der Waals surface area contributed by atoms with Gasteiger partial charge in [0.1, 0.15) is 0 Å². The summed E-state index contributed by atoms with van der Waals surface area (Å²) in [6.45, 7) is 0.153. The number of aromatic nitrogens is 2. The van der Waals surface area contributed by atoms with E-state index in [1.165, 1.54) is 17.4 Å². The number of ether oxygens (including phenoxy) is 1. The molecular weight excluding hydrogens is 302 g/mol. The highest BCUT2D eigenvalue weighted by molar-refractivity contribution is 7.15. The van der Waals surface area contributed by atoms with E-state index in [9.17, 15) is 9.59 Å². The molecule has 0 unspecified atom stereocenters. The second-order valence-corrected chi connectivity index (χ2v) is 5.15. The molecule has 2 aromatic rings. The van der Waals surface area contributed by atoms with E-state index in [4.69, 9.17) is 22.1 Å². The lowest BCUT2D eigenvalue weighted by Gasteiger charge is -1.99. The standard InChI is InChI=1S/C12H12ClN3O3S/c13-11-8(16-5-7-20-12(16)15-11)3-4-10(18)19-6-1-2-9(14)17/h3-5,7H,1-2,6H2,(H2,14,17)/b4-3+. The Labute approximate surface area is 123 Å². The highest BCUT2D eigenvalue weighted by Crippen LogP contribution is 2.22. The fraction of sp³-hybridized carbons (Fsp3) is 0.250. The third kappa shape index (κ3) is 3.58. The van der Waals surface area contributed by atoms with Gasteiger partial charge in [-0.1, -0.05) is 11.6 Å². The Morgan fingerprint density at radius 1 is 1.55 bits per heavy atom. The van der Waals surface area contributed by atoms with Crippen LogP contribution in [-0.2, 0) is 14.3 Å². The number of primary amides is 1. The molecule has 6 nitrogen and oxygen atoms in total. The average Bonchev–Trinajstić information content (AvgIpc) is 2.93. The Kier molecular flexibility index (Phi) is 4.75. The number of carbonyl (C=O) groups is 2. The summed E-state index contributed by atoms with van der Waals surface area (Å²) in [5, 5.41) is 2.20. The predicted octanol–water partition coefficient (Wildman–Crippen LogP) is 1.87. The molecule has 0 radical (unpaired) electrons. The van der Waals surface area contributed by atoms with Crippen LogP contribution in [0.2, 0.25) is 5.15 Å². The van der Waals surface area contributed by atoms with Gasteiger partial charge in [0.05, 0.1) is 12.3 Å². The van der Waals surface area contributed by atoms with E-state index in [1.807, 2.05) is 11.6 Å². The minimum atomic E-state index is -0.504. The molecule has 106 valence electrons. The molecule has 2 rings (SSSR count). The van der Waals surface area contributed by atoms with Crippen molar-refractivity contribution in [1.82, 2.24) is 9.38 Å². The van der Waals surface area contributed by atoms with Gasteiger partial charge in [-0.3, -0.25) is 9.20 Å². The van der Waals surface area contributed by atoms with Crippen LogP contribution in [0.5, 0.6) is 0 Å². The predicted molar refractivity (Wildman–Crippen MR) is 76.5 cm³/mol. The molecule has 2 heterocycles. The summed E-state index contributed by atoms with van der Waals surface area (Å²) in [4.78, 5) is 26.9. The smallest absolute Gasteiger partial charge is 0.330 e. The highest BCUT2D eigenvalue weighted by atomic mass is 35.5. The van der Waals surface area contributed by atoms with Gasteiger partial charge in [0, 0.05) is 24.1 Å². The lowest BCUT2D eigenvalue weighted by atomic mass is 10.3. The summed E-state index contributed by atoms with van der Waals surface area (Å²) in [7, 11) is 0. The van der Waals surface area contributed by atoms with Crippen molar-refractivity contribution in [3.8, 4) is 0 Å². The van der Waals surface area contributed by atoms with Gasteiger partial charge in [-0.15, -0.1) is 11.3 Å². The fourth-order valence-corrected chi connectivity index (χ4v) is 2.55. The van der Waals surface area contributed by atoms with Gasteiger partial charge in [0.2, 0.25) is 5.91 Å². The molecule has 0 aliphatic carbocycles. The second kappa shape index (κ2) is 6.53. The van der Waals surface area contributed by atoms with Crippen LogP contribution < -0.4 is 5.73 Å². The maximum Gasteiger partial charge on any atom is 0.330 e. The van der Waals surface area contributed by atoms with Crippen molar-refractivity contribution in [3.63, 3.8) is 0 Å². The number of carbonyl (C=O) groups excluding carboxylic acids is 2. The molecule has 0 spiro atoms. The van der Waals surface area contributed by atoms with Gasteiger partial charge in [0.15, 0.2) is 10.1 Å². The van der Waals surface area contributed by atoms with Gasteiger partial charge < -0.3 is 10.5 Å². The summed E-state index contributed by atoms with van der Waals surface area (Å²) in [6, 6.07) is 0. The van der Waals surface area contributed by atoms with E-state index < -0.39 is 11.9 Å². The molecule has 0 fully saturated rings. The van der Waals surface area contributed by atoms with Crippen LogP contribution in [0.4, 0.5) is 0 Å². The van der Waals surface area contributed by atoms with E-state index in [1.54, 1.807) is 10.5 Å². The number of nitrogens with two attached hydrogens (primary N) is 1. The van der Waals surface area contributed by atoms with E-state index in [-0.39, 0.29) is 13.0 Å². The van der Waals surface area contributed by atoms with Crippen LogP contribution in [0.1, 0.15) is 18.5 Å². The van der Waals surface area contributed by atoms with Gasteiger partial charge in [0.25, 0.3) is 0 Å². The van der Waals surface area contributed by atoms with Crippen LogP contribution in [0.3, 0.4) is 0 Å². The molecule has 0 saturated heterocycles. The molecule has 0 saturated carbocycles. The first kappa shape index (κ1) is 14.5. The minimum Gasteiger partial charge on any atom is -0.463 e. The van der Waals surface area contributed by atoms with Crippen LogP contribution in [0, 0.1) is 0 Å². The van der Waals surface area contributed by atoms with Gasteiger partial charge in [-0.25, -0.2) is 9.78 Å². The van der Waals surface area contributed by atoms with Crippen molar-refractivity contribution in [2.24, 2.45) is 5.73 Å². The van der Waals surface area contributed by atoms with Crippen LogP contribution in [0.25, 0.3) is 11.0 Å². The molecule has 0 aromatic carbocycles. The summed E-state index contributed by atoms with van der Waals surface area (Å²) in [6.07, 6.45) is 5.25. The van der Waals surface area contributed by atoms with Crippen LogP contribution >= 0.6 is 22.9 Å². The van der Waals surface area contributed by atoms with E-state index in [2.05, 4.69) is 4.98 Å². The third-order valence-corrected chi connectivity index (χ3v) is 3.48. The number of nitrogens with zero attached hydrogens (tertiary/aromatic N) is 2. The average molecular weight is 314 g/mol. The van der Waals surface area contributed by atoms with Crippen molar-refractivity contribution in [1.29, 1.82) is 0 Å². The summed E-state index contributed by atoms with van der Waals surface area (Å²) in [5.74, 6) is -0.918. The maximum absolute atomic E-state index is 11.5.